The minimum absolute atomic E-state index is 0.00609. The maximum absolute atomic E-state index is 12.0. The molecule has 4 atom stereocenters. The fourth-order valence-corrected chi connectivity index (χ4v) is 4.13. The second kappa shape index (κ2) is 6.06. The fraction of sp³-hybridized carbons (Fsp3) is 0.733. The number of fused-ring (bicyclic) bond motifs is 2. The van der Waals surface area contributed by atoms with Crippen molar-refractivity contribution in [3.05, 3.63) is 22.4 Å². The van der Waals surface area contributed by atoms with Crippen LogP contribution in [0.2, 0.25) is 0 Å². The first-order valence-electron chi connectivity index (χ1n) is 8.00. The third-order valence-electron chi connectivity index (χ3n) is 5.21. The summed E-state index contributed by atoms with van der Waals surface area (Å²) in [6.45, 7) is 2.46. The van der Waals surface area contributed by atoms with E-state index in [1.54, 1.807) is 0 Å². The van der Waals surface area contributed by atoms with E-state index in [9.17, 15) is 14.9 Å². The van der Waals surface area contributed by atoms with Gasteiger partial charge in [-0.15, -0.1) is 0 Å². The Kier molecular flexibility index (Phi) is 4.13. The van der Waals surface area contributed by atoms with E-state index >= 15 is 0 Å². The molecular formula is C15H22N4O3. The third-order valence-corrected chi connectivity index (χ3v) is 5.21. The van der Waals surface area contributed by atoms with Gasteiger partial charge in [0, 0.05) is 12.5 Å². The molecule has 0 spiro atoms. The number of hydrogen-bond donors (Lipinski definition) is 1. The number of nitrogens with one attached hydrogen (secondary N) is 1. The van der Waals surface area contributed by atoms with E-state index < -0.39 is 4.92 Å². The topological polar surface area (TPSA) is 90.1 Å². The highest BCUT2D eigenvalue weighted by molar-refractivity contribution is 5.76. The molecule has 1 aromatic rings. The van der Waals surface area contributed by atoms with Crippen molar-refractivity contribution in [1.29, 1.82) is 0 Å². The molecule has 2 aliphatic rings. The van der Waals surface area contributed by atoms with Crippen LogP contribution in [-0.4, -0.2) is 26.7 Å². The van der Waals surface area contributed by atoms with Crippen LogP contribution in [0.1, 0.15) is 39.0 Å². The van der Waals surface area contributed by atoms with Crippen LogP contribution < -0.4 is 5.32 Å². The summed E-state index contributed by atoms with van der Waals surface area (Å²) in [6.07, 6.45) is 7.08. The number of nitrogens with zero attached hydrogens (tertiary/aromatic N) is 3. The van der Waals surface area contributed by atoms with Gasteiger partial charge in [0.1, 0.15) is 0 Å². The number of hydrogen-bond acceptors (Lipinski definition) is 4. The molecule has 120 valence electrons. The van der Waals surface area contributed by atoms with E-state index in [2.05, 4.69) is 17.3 Å². The Labute approximate surface area is 129 Å². The van der Waals surface area contributed by atoms with Gasteiger partial charge in [-0.3, -0.25) is 4.79 Å². The second-order valence-corrected chi connectivity index (χ2v) is 6.64. The molecule has 1 amide bonds. The molecule has 0 aliphatic heterocycles. The molecule has 7 heteroatoms. The summed E-state index contributed by atoms with van der Waals surface area (Å²) >= 11 is 0. The normalized spacial score (nSPS) is 27.8. The maximum Gasteiger partial charge on any atom is 0.389 e. The zero-order chi connectivity index (χ0) is 15.7. The minimum Gasteiger partial charge on any atom is -0.358 e. The molecule has 0 aromatic carbocycles. The largest absolute Gasteiger partial charge is 0.389 e. The highest BCUT2D eigenvalue weighted by Gasteiger charge is 2.42. The Morgan fingerprint density at radius 2 is 2.36 bits per heavy atom. The highest BCUT2D eigenvalue weighted by atomic mass is 16.6. The maximum atomic E-state index is 12.0. The van der Waals surface area contributed by atoms with Gasteiger partial charge in [-0.05, 0) is 48.9 Å². The van der Waals surface area contributed by atoms with Gasteiger partial charge in [-0.25, -0.2) is 0 Å². The van der Waals surface area contributed by atoms with Crippen LogP contribution in [0.3, 0.4) is 0 Å². The van der Waals surface area contributed by atoms with Crippen LogP contribution >= 0.6 is 0 Å². The van der Waals surface area contributed by atoms with Crippen molar-refractivity contribution in [3.63, 3.8) is 0 Å². The van der Waals surface area contributed by atoms with E-state index in [0.717, 1.165) is 11.8 Å². The number of carbonyl (C=O) groups excluding carboxylic acids is 1. The average Bonchev–Trinajstić information content (AvgIpc) is 3.20. The summed E-state index contributed by atoms with van der Waals surface area (Å²) < 4.78 is 1.44. The third kappa shape index (κ3) is 3.13. The standard InChI is InChI=1S/C15H22N4O3/c1-10(13-9-11-2-3-12(13)8-11)16-15(20)5-7-18-6-4-14(17-18)19(21)22/h4,6,10-13H,2-3,5,7-9H2,1H3,(H,16,20)/t10-,11+,12+,13-/m0/s1. The van der Waals surface area contributed by atoms with Crippen LogP contribution in [0.15, 0.2) is 12.3 Å². The first kappa shape index (κ1) is 15.0. The number of rotatable bonds is 6. The second-order valence-electron chi connectivity index (χ2n) is 6.64. The van der Waals surface area contributed by atoms with Crippen molar-refractivity contribution >= 4 is 11.7 Å². The lowest BCUT2D eigenvalue weighted by molar-refractivity contribution is -0.389. The van der Waals surface area contributed by atoms with Gasteiger partial charge < -0.3 is 15.4 Å². The molecule has 2 aliphatic carbocycles. The predicted molar refractivity (Wildman–Crippen MR) is 80.0 cm³/mol. The predicted octanol–water partition coefficient (Wildman–Crippen LogP) is 2.12. The number of aromatic nitrogens is 2. The molecule has 1 N–H and O–H groups in total. The van der Waals surface area contributed by atoms with E-state index in [1.807, 2.05) is 0 Å². The van der Waals surface area contributed by atoms with Crippen LogP contribution in [0.25, 0.3) is 0 Å². The zero-order valence-corrected chi connectivity index (χ0v) is 12.8. The van der Waals surface area contributed by atoms with Gasteiger partial charge >= 0.3 is 5.82 Å². The zero-order valence-electron chi connectivity index (χ0n) is 12.8. The number of aryl methyl sites for hydroxylation is 1. The highest BCUT2D eigenvalue weighted by Crippen LogP contribution is 2.49. The van der Waals surface area contributed by atoms with Crippen molar-refractivity contribution in [2.75, 3.05) is 0 Å². The van der Waals surface area contributed by atoms with Crippen LogP contribution in [-0.2, 0) is 11.3 Å². The lowest BCUT2D eigenvalue weighted by atomic mass is 9.84. The van der Waals surface area contributed by atoms with E-state index in [1.165, 1.54) is 42.6 Å². The molecule has 0 saturated heterocycles. The summed E-state index contributed by atoms with van der Waals surface area (Å²) in [7, 11) is 0. The lowest BCUT2D eigenvalue weighted by Gasteiger charge is -2.28. The molecule has 3 rings (SSSR count). The monoisotopic (exact) mass is 306 g/mol. The molecule has 7 nitrogen and oxygen atoms in total. The Balaban J connectivity index is 1.45. The summed E-state index contributed by atoms with van der Waals surface area (Å²) in [5, 5.41) is 17.5. The van der Waals surface area contributed by atoms with Gasteiger partial charge in [0.05, 0.1) is 23.9 Å². The quantitative estimate of drug-likeness (QED) is 0.644. The molecule has 2 fully saturated rings. The Bertz CT molecular complexity index is 571. The van der Waals surface area contributed by atoms with Gasteiger partial charge in [0.15, 0.2) is 0 Å². The van der Waals surface area contributed by atoms with Gasteiger partial charge in [-0.2, -0.15) is 4.68 Å². The molecular weight excluding hydrogens is 284 g/mol. The Morgan fingerprint density at radius 3 is 2.95 bits per heavy atom. The SMILES string of the molecule is C[C@H](NC(=O)CCn1ccc([N+](=O)[O-])n1)[C@@H]1C[C@@H]2CC[C@@H]1C2. The smallest absolute Gasteiger partial charge is 0.358 e. The molecule has 1 heterocycles. The Morgan fingerprint density at radius 1 is 1.55 bits per heavy atom. The minimum atomic E-state index is -0.534. The number of nitro groups is 1. The van der Waals surface area contributed by atoms with Gasteiger partial charge in [0.2, 0.25) is 5.91 Å². The summed E-state index contributed by atoms with van der Waals surface area (Å²) in [4.78, 5) is 22.1. The molecule has 2 bridgehead atoms. The summed E-state index contributed by atoms with van der Waals surface area (Å²) in [5.74, 6) is 2.09. The van der Waals surface area contributed by atoms with E-state index in [-0.39, 0.29) is 17.8 Å². The van der Waals surface area contributed by atoms with Crippen molar-refractivity contribution in [2.24, 2.45) is 17.8 Å². The Hall–Kier alpha value is -1.92. The summed E-state index contributed by atoms with van der Waals surface area (Å²) in [5.41, 5.74) is 0. The molecule has 2 saturated carbocycles. The molecule has 22 heavy (non-hydrogen) atoms. The van der Waals surface area contributed by atoms with Crippen LogP contribution in [0.5, 0.6) is 0 Å². The van der Waals surface area contributed by atoms with Gasteiger partial charge in [-0.1, -0.05) is 6.42 Å². The molecule has 0 radical (unpaired) electrons. The molecule has 0 unspecified atom stereocenters. The van der Waals surface area contributed by atoms with Crippen molar-refractivity contribution in [1.82, 2.24) is 15.1 Å². The number of amides is 1. The van der Waals surface area contributed by atoms with Crippen LogP contribution in [0.4, 0.5) is 5.82 Å². The van der Waals surface area contributed by atoms with Crippen molar-refractivity contribution < 1.29 is 9.72 Å². The van der Waals surface area contributed by atoms with Crippen LogP contribution in [0, 0.1) is 27.9 Å². The van der Waals surface area contributed by atoms with Crippen molar-refractivity contribution in [2.45, 2.75) is 51.6 Å². The fourth-order valence-electron chi connectivity index (χ4n) is 4.13. The number of carbonyl (C=O) groups is 1. The van der Waals surface area contributed by atoms with Gasteiger partial charge in [0.25, 0.3) is 0 Å². The average molecular weight is 306 g/mol. The van der Waals surface area contributed by atoms with E-state index in [0.29, 0.717) is 18.9 Å². The first-order valence-corrected chi connectivity index (χ1v) is 8.00. The first-order chi connectivity index (χ1) is 10.5. The summed E-state index contributed by atoms with van der Waals surface area (Å²) in [6, 6.07) is 1.56. The van der Waals surface area contributed by atoms with Crippen molar-refractivity contribution in [3.8, 4) is 0 Å². The molecule has 1 aromatic heterocycles. The van der Waals surface area contributed by atoms with E-state index in [4.69, 9.17) is 0 Å². The lowest BCUT2D eigenvalue weighted by Crippen LogP contribution is -2.40.